The third-order valence-corrected chi connectivity index (χ3v) is 4.44. The topological polar surface area (TPSA) is 29.3 Å². The molecule has 4 heteroatoms. The molecule has 2 fully saturated rings. The van der Waals surface area contributed by atoms with E-state index in [1.165, 1.54) is 0 Å². The maximum absolute atomic E-state index is 13.4. The molecular formula is C12H22F2N2. The van der Waals surface area contributed by atoms with Crippen molar-refractivity contribution in [2.24, 2.45) is 11.1 Å². The number of likely N-dealkylation sites (tertiary alicyclic amines) is 1. The van der Waals surface area contributed by atoms with E-state index in [4.69, 9.17) is 5.73 Å². The molecule has 1 atom stereocenters. The molecule has 2 N–H and O–H groups in total. The zero-order valence-electron chi connectivity index (χ0n) is 10.2. The lowest BCUT2D eigenvalue weighted by Gasteiger charge is -2.43. The van der Waals surface area contributed by atoms with E-state index in [0.717, 1.165) is 25.9 Å². The molecule has 16 heavy (non-hydrogen) atoms. The van der Waals surface area contributed by atoms with Crippen LogP contribution in [0.25, 0.3) is 0 Å². The molecule has 1 aliphatic heterocycles. The average molecular weight is 232 g/mol. The molecule has 1 spiro atoms. The summed E-state index contributed by atoms with van der Waals surface area (Å²) < 4.78 is 26.8. The predicted octanol–water partition coefficient (Wildman–Crippen LogP) is 2.23. The van der Waals surface area contributed by atoms with Gasteiger partial charge in [0, 0.05) is 24.9 Å². The van der Waals surface area contributed by atoms with Gasteiger partial charge in [-0.3, -0.25) is 0 Å². The van der Waals surface area contributed by atoms with Crippen LogP contribution in [0.3, 0.4) is 0 Å². The second kappa shape index (κ2) is 3.91. The van der Waals surface area contributed by atoms with Gasteiger partial charge in [0.05, 0.1) is 0 Å². The maximum Gasteiger partial charge on any atom is 0.250 e. The van der Waals surface area contributed by atoms with Gasteiger partial charge in [-0.1, -0.05) is 0 Å². The van der Waals surface area contributed by atoms with E-state index in [0.29, 0.717) is 6.04 Å². The second-order valence-electron chi connectivity index (χ2n) is 5.84. The fourth-order valence-electron chi connectivity index (χ4n) is 3.29. The Bertz CT molecular complexity index is 258. The van der Waals surface area contributed by atoms with E-state index in [9.17, 15) is 8.78 Å². The summed E-state index contributed by atoms with van der Waals surface area (Å²) in [6, 6.07) is 0.201. The smallest absolute Gasteiger partial charge is 0.250 e. The molecule has 1 saturated carbocycles. The predicted molar refractivity (Wildman–Crippen MR) is 60.5 cm³/mol. The minimum atomic E-state index is -2.53. The molecule has 1 saturated heterocycles. The van der Waals surface area contributed by atoms with Crippen LogP contribution in [0.2, 0.25) is 0 Å². The highest BCUT2D eigenvalue weighted by Crippen LogP contribution is 2.52. The van der Waals surface area contributed by atoms with Crippen molar-refractivity contribution in [2.75, 3.05) is 13.1 Å². The normalized spacial score (nSPS) is 33.8. The van der Waals surface area contributed by atoms with Crippen LogP contribution in [0.15, 0.2) is 0 Å². The number of halogens is 2. The largest absolute Gasteiger partial charge is 0.327 e. The van der Waals surface area contributed by atoms with Crippen LogP contribution in [0.5, 0.6) is 0 Å². The zero-order chi connectivity index (χ0) is 12.0. The van der Waals surface area contributed by atoms with E-state index < -0.39 is 5.92 Å². The summed E-state index contributed by atoms with van der Waals surface area (Å²) in [6.07, 6.45) is 1.56. The number of alkyl halides is 2. The van der Waals surface area contributed by atoms with E-state index in [1.54, 1.807) is 0 Å². The first-order chi connectivity index (χ1) is 7.35. The summed E-state index contributed by atoms with van der Waals surface area (Å²) in [5.41, 5.74) is 5.66. The lowest BCUT2D eigenvalue weighted by atomic mass is 9.74. The van der Waals surface area contributed by atoms with Crippen LogP contribution in [0.4, 0.5) is 8.78 Å². The fourth-order valence-corrected chi connectivity index (χ4v) is 3.29. The van der Waals surface area contributed by atoms with Gasteiger partial charge >= 0.3 is 0 Å². The van der Waals surface area contributed by atoms with Crippen molar-refractivity contribution < 1.29 is 8.78 Å². The van der Waals surface area contributed by atoms with Crippen LogP contribution >= 0.6 is 0 Å². The van der Waals surface area contributed by atoms with Crippen LogP contribution in [0, 0.1) is 5.41 Å². The van der Waals surface area contributed by atoms with Gasteiger partial charge in [0.15, 0.2) is 0 Å². The van der Waals surface area contributed by atoms with E-state index in [1.807, 2.05) is 0 Å². The van der Waals surface area contributed by atoms with Crippen LogP contribution < -0.4 is 5.73 Å². The monoisotopic (exact) mass is 232 g/mol. The summed E-state index contributed by atoms with van der Waals surface area (Å²) in [5, 5.41) is 0. The quantitative estimate of drug-likeness (QED) is 0.751. The molecule has 0 amide bonds. The summed E-state index contributed by atoms with van der Waals surface area (Å²) in [4.78, 5) is 2.36. The summed E-state index contributed by atoms with van der Waals surface area (Å²) in [5.74, 6) is -2.53. The van der Waals surface area contributed by atoms with Gasteiger partial charge in [0.2, 0.25) is 5.92 Å². The van der Waals surface area contributed by atoms with Crippen molar-refractivity contribution in [3.05, 3.63) is 0 Å². The third kappa shape index (κ3) is 2.09. The Morgan fingerprint density at radius 3 is 2.19 bits per heavy atom. The molecule has 0 bridgehead atoms. The highest BCUT2D eigenvalue weighted by Gasteiger charge is 2.55. The molecule has 2 nitrogen and oxygen atoms in total. The average Bonchev–Trinajstić information content (AvgIpc) is 2.37. The molecule has 0 unspecified atom stereocenters. The molecule has 0 aromatic heterocycles. The lowest BCUT2D eigenvalue weighted by molar-refractivity contribution is -0.0152. The molecule has 2 aliphatic rings. The lowest BCUT2D eigenvalue weighted by Crippen LogP contribution is -2.48. The van der Waals surface area contributed by atoms with Crippen LogP contribution in [-0.2, 0) is 0 Å². The number of piperidine rings is 1. The first kappa shape index (κ1) is 12.2. The minimum Gasteiger partial charge on any atom is -0.327 e. The van der Waals surface area contributed by atoms with Crippen molar-refractivity contribution in [3.8, 4) is 0 Å². The molecule has 1 heterocycles. The van der Waals surface area contributed by atoms with Gasteiger partial charge in [0.25, 0.3) is 0 Å². The van der Waals surface area contributed by atoms with Crippen molar-refractivity contribution >= 4 is 0 Å². The summed E-state index contributed by atoms with van der Waals surface area (Å²) in [6.45, 7) is 6.14. The number of rotatable bonds is 1. The molecule has 0 aromatic rings. The van der Waals surface area contributed by atoms with Gasteiger partial charge in [-0.25, -0.2) is 8.78 Å². The molecule has 94 valence electrons. The Morgan fingerprint density at radius 1 is 1.25 bits per heavy atom. The molecule has 0 aromatic carbocycles. The third-order valence-electron chi connectivity index (χ3n) is 4.44. The SMILES string of the molecule is CC(C)N1CCC2(CC1)CC(F)(F)C[C@H]2N. The second-order valence-corrected chi connectivity index (χ2v) is 5.84. The van der Waals surface area contributed by atoms with Crippen LogP contribution in [0.1, 0.15) is 39.5 Å². The van der Waals surface area contributed by atoms with Crippen molar-refractivity contribution in [1.82, 2.24) is 4.90 Å². The summed E-state index contributed by atoms with van der Waals surface area (Å²) in [7, 11) is 0. The first-order valence-corrected chi connectivity index (χ1v) is 6.22. The Hall–Kier alpha value is -0.220. The maximum atomic E-state index is 13.4. The number of hydrogen-bond acceptors (Lipinski definition) is 2. The van der Waals surface area contributed by atoms with Crippen molar-refractivity contribution in [2.45, 2.75) is 57.5 Å². The van der Waals surface area contributed by atoms with E-state index >= 15 is 0 Å². The van der Waals surface area contributed by atoms with Crippen molar-refractivity contribution in [3.63, 3.8) is 0 Å². The number of nitrogens with two attached hydrogens (primary N) is 1. The fraction of sp³-hybridized carbons (Fsp3) is 1.00. The molecular weight excluding hydrogens is 210 g/mol. The highest BCUT2D eigenvalue weighted by molar-refractivity contribution is 5.04. The Kier molecular flexibility index (Phi) is 2.99. The van der Waals surface area contributed by atoms with E-state index in [-0.39, 0.29) is 24.3 Å². The van der Waals surface area contributed by atoms with Gasteiger partial charge in [-0.05, 0) is 45.2 Å². The molecule has 1 aliphatic carbocycles. The zero-order valence-corrected chi connectivity index (χ0v) is 10.2. The van der Waals surface area contributed by atoms with Crippen LogP contribution in [-0.4, -0.2) is 36.0 Å². The van der Waals surface area contributed by atoms with Crippen molar-refractivity contribution in [1.29, 1.82) is 0 Å². The molecule has 0 radical (unpaired) electrons. The Labute approximate surface area is 96.2 Å². The Balaban J connectivity index is 2.02. The summed E-state index contributed by atoms with van der Waals surface area (Å²) >= 11 is 0. The highest BCUT2D eigenvalue weighted by atomic mass is 19.3. The molecule has 2 rings (SSSR count). The minimum absolute atomic E-state index is 0.00705. The van der Waals surface area contributed by atoms with Gasteiger partial charge in [-0.15, -0.1) is 0 Å². The van der Waals surface area contributed by atoms with Gasteiger partial charge in [0.1, 0.15) is 0 Å². The number of nitrogens with zero attached hydrogens (tertiary/aromatic N) is 1. The van der Waals surface area contributed by atoms with Gasteiger partial charge < -0.3 is 10.6 Å². The number of hydrogen-bond donors (Lipinski definition) is 1. The Morgan fingerprint density at radius 2 is 1.81 bits per heavy atom. The van der Waals surface area contributed by atoms with E-state index in [2.05, 4.69) is 18.7 Å². The standard InChI is InChI=1S/C12H22F2N2/c1-9(2)16-5-3-11(4-6-16)8-12(13,14)7-10(11)15/h9-10H,3-8,15H2,1-2H3/t10-/m1/s1. The first-order valence-electron chi connectivity index (χ1n) is 6.22. The van der Waals surface area contributed by atoms with Gasteiger partial charge in [-0.2, -0.15) is 0 Å².